The van der Waals surface area contributed by atoms with Crippen LogP contribution in [0.4, 0.5) is 5.69 Å². The summed E-state index contributed by atoms with van der Waals surface area (Å²) in [4.78, 5) is 32.7. The molecule has 2 heterocycles. The summed E-state index contributed by atoms with van der Waals surface area (Å²) in [6.45, 7) is 1.93. The molecule has 2 aromatic heterocycles. The van der Waals surface area contributed by atoms with Crippen molar-refractivity contribution >= 4 is 17.5 Å². The summed E-state index contributed by atoms with van der Waals surface area (Å²) in [7, 11) is 0. The lowest BCUT2D eigenvalue weighted by atomic mass is 10.0. The van der Waals surface area contributed by atoms with Gasteiger partial charge in [0.25, 0.3) is 5.91 Å². The Labute approximate surface area is 175 Å². The van der Waals surface area contributed by atoms with E-state index in [0.717, 1.165) is 31.2 Å². The van der Waals surface area contributed by atoms with Crippen LogP contribution in [-0.2, 0) is 4.79 Å². The Morgan fingerprint density at radius 3 is 2.47 bits per heavy atom. The highest BCUT2D eigenvalue weighted by molar-refractivity contribution is 6.09. The number of aryl methyl sites for hydroxylation is 1. The van der Waals surface area contributed by atoms with Crippen molar-refractivity contribution in [3.05, 3.63) is 84.1 Å². The minimum absolute atomic E-state index is 0.138. The highest BCUT2D eigenvalue weighted by Gasteiger charge is 2.36. The zero-order valence-electron chi connectivity index (χ0n) is 17.0. The van der Waals surface area contributed by atoms with Crippen LogP contribution in [0.25, 0.3) is 0 Å². The van der Waals surface area contributed by atoms with Gasteiger partial charge in [0.2, 0.25) is 5.91 Å². The van der Waals surface area contributed by atoms with E-state index in [9.17, 15) is 9.59 Å². The molecule has 1 aliphatic carbocycles. The fourth-order valence-electron chi connectivity index (χ4n) is 4.03. The van der Waals surface area contributed by atoms with Crippen LogP contribution in [0.15, 0.2) is 71.6 Å². The molecule has 0 radical (unpaired) electrons. The van der Waals surface area contributed by atoms with Gasteiger partial charge in [-0.15, -0.1) is 0 Å². The first kappa shape index (κ1) is 19.9. The summed E-state index contributed by atoms with van der Waals surface area (Å²) >= 11 is 0. The minimum Gasteiger partial charge on any atom is -0.459 e. The lowest BCUT2D eigenvalue weighted by Crippen LogP contribution is -2.46. The van der Waals surface area contributed by atoms with Gasteiger partial charge >= 0.3 is 0 Å². The molecule has 3 aromatic rings. The van der Waals surface area contributed by atoms with Crippen LogP contribution in [0.2, 0.25) is 0 Å². The van der Waals surface area contributed by atoms with Crippen molar-refractivity contribution in [3.63, 3.8) is 0 Å². The molecule has 0 bridgehead atoms. The Kier molecular flexibility index (Phi) is 5.93. The summed E-state index contributed by atoms with van der Waals surface area (Å²) in [5.74, 6) is -0.375. The Morgan fingerprint density at radius 1 is 1.07 bits per heavy atom. The number of carbonyl (C=O) groups excluding carboxylic acids is 2. The molecule has 1 N–H and O–H groups in total. The second-order valence-electron chi connectivity index (χ2n) is 7.61. The smallest absolute Gasteiger partial charge is 0.294 e. The van der Waals surface area contributed by atoms with Gasteiger partial charge in [-0.1, -0.05) is 31.0 Å². The van der Waals surface area contributed by atoms with E-state index >= 15 is 0 Å². The Morgan fingerprint density at radius 2 is 1.80 bits per heavy atom. The first-order chi connectivity index (χ1) is 14.6. The van der Waals surface area contributed by atoms with Gasteiger partial charge in [0.1, 0.15) is 6.04 Å². The molecule has 0 aliphatic heterocycles. The van der Waals surface area contributed by atoms with E-state index < -0.39 is 6.04 Å². The van der Waals surface area contributed by atoms with Gasteiger partial charge < -0.3 is 9.73 Å². The average molecular weight is 403 g/mol. The summed E-state index contributed by atoms with van der Waals surface area (Å²) < 4.78 is 5.40. The second kappa shape index (κ2) is 8.95. The molecule has 1 saturated carbocycles. The number of hydrogen-bond acceptors (Lipinski definition) is 4. The van der Waals surface area contributed by atoms with Gasteiger partial charge in [0.05, 0.1) is 6.26 Å². The molecule has 0 spiro atoms. The molecule has 1 atom stereocenters. The van der Waals surface area contributed by atoms with Crippen LogP contribution in [0, 0.1) is 6.92 Å². The van der Waals surface area contributed by atoms with Crippen LogP contribution in [-0.4, -0.2) is 22.8 Å². The molecule has 1 aromatic carbocycles. The van der Waals surface area contributed by atoms with E-state index in [1.165, 1.54) is 11.2 Å². The van der Waals surface area contributed by atoms with E-state index in [4.69, 9.17) is 4.42 Å². The summed E-state index contributed by atoms with van der Waals surface area (Å²) in [5, 5.41) is 3.16. The lowest BCUT2D eigenvalue weighted by Gasteiger charge is -2.32. The van der Waals surface area contributed by atoms with Gasteiger partial charge in [0, 0.05) is 24.1 Å². The highest BCUT2D eigenvalue weighted by atomic mass is 16.3. The summed E-state index contributed by atoms with van der Waals surface area (Å²) in [6.07, 6.45) is 8.88. The molecule has 1 fully saturated rings. The van der Waals surface area contributed by atoms with Crippen molar-refractivity contribution in [1.29, 1.82) is 0 Å². The first-order valence-corrected chi connectivity index (χ1v) is 10.3. The maximum Gasteiger partial charge on any atom is 0.294 e. The number of nitrogens with one attached hydrogen (secondary N) is 1. The number of nitrogens with zero attached hydrogens (tertiary/aromatic N) is 2. The largest absolute Gasteiger partial charge is 0.459 e. The van der Waals surface area contributed by atoms with Crippen LogP contribution in [0.5, 0.6) is 0 Å². The Bertz CT molecular complexity index is 996. The molecule has 6 heteroatoms. The van der Waals surface area contributed by atoms with Crippen LogP contribution in [0.1, 0.15) is 53.4 Å². The third-order valence-corrected chi connectivity index (χ3v) is 5.56. The van der Waals surface area contributed by atoms with Crippen molar-refractivity contribution < 1.29 is 14.0 Å². The SMILES string of the molecule is Cc1ccccc1N(C(=O)c1ccco1)C(C(=O)NC1CCCC1)c1ccncc1. The number of carbonyl (C=O) groups is 2. The number of benzene rings is 1. The average Bonchev–Trinajstić information content (AvgIpc) is 3.47. The predicted octanol–water partition coefficient (Wildman–Crippen LogP) is 4.43. The fraction of sp³-hybridized carbons (Fsp3) is 0.292. The van der Waals surface area contributed by atoms with Crippen molar-refractivity contribution in [2.75, 3.05) is 4.90 Å². The molecule has 2 amide bonds. The molecule has 0 saturated heterocycles. The van der Waals surface area contributed by atoms with Crippen LogP contribution in [0.3, 0.4) is 0 Å². The lowest BCUT2D eigenvalue weighted by molar-refractivity contribution is -0.123. The predicted molar refractivity (Wildman–Crippen MR) is 114 cm³/mol. The van der Waals surface area contributed by atoms with Crippen LogP contribution >= 0.6 is 0 Å². The van der Waals surface area contributed by atoms with Crippen molar-refractivity contribution in [3.8, 4) is 0 Å². The normalized spacial score (nSPS) is 15.0. The molecular formula is C24H25N3O3. The van der Waals surface area contributed by atoms with Crippen molar-refractivity contribution in [1.82, 2.24) is 10.3 Å². The molecule has 6 nitrogen and oxygen atoms in total. The van der Waals surface area contributed by atoms with Crippen LogP contribution < -0.4 is 10.2 Å². The van der Waals surface area contributed by atoms with E-state index in [1.807, 2.05) is 31.2 Å². The molecule has 30 heavy (non-hydrogen) atoms. The molecule has 1 unspecified atom stereocenters. The van der Waals surface area contributed by atoms with Gasteiger partial charge in [-0.25, -0.2) is 0 Å². The third kappa shape index (κ3) is 4.13. The first-order valence-electron chi connectivity index (χ1n) is 10.3. The zero-order valence-corrected chi connectivity index (χ0v) is 17.0. The third-order valence-electron chi connectivity index (χ3n) is 5.56. The van der Waals surface area contributed by atoms with E-state index in [-0.39, 0.29) is 23.6 Å². The molecule has 1 aliphatic rings. The number of pyridine rings is 1. The van der Waals surface area contributed by atoms with E-state index in [0.29, 0.717) is 11.3 Å². The number of aromatic nitrogens is 1. The fourth-order valence-corrected chi connectivity index (χ4v) is 4.03. The number of rotatable bonds is 6. The van der Waals surface area contributed by atoms with E-state index in [1.54, 1.807) is 36.7 Å². The second-order valence-corrected chi connectivity index (χ2v) is 7.61. The van der Waals surface area contributed by atoms with E-state index in [2.05, 4.69) is 10.3 Å². The highest BCUT2D eigenvalue weighted by Crippen LogP contribution is 2.32. The Hall–Kier alpha value is -3.41. The summed E-state index contributed by atoms with van der Waals surface area (Å²) in [5.41, 5.74) is 2.26. The van der Waals surface area contributed by atoms with Gasteiger partial charge in [-0.2, -0.15) is 0 Å². The zero-order chi connectivity index (χ0) is 20.9. The van der Waals surface area contributed by atoms with Gasteiger partial charge in [0.15, 0.2) is 5.76 Å². The molecule has 4 rings (SSSR count). The topological polar surface area (TPSA) is 75.4 Å². The number of anilines is 1. The standard InChI is InChI=1S/C24H25N3O3/c1-17-7-2-5-10-20(17)27(24(29)21-11-6-16-30-21)22(18-12-14-25-15-13-18)23(28)26-19-8-3-4-9-19/h2,5-7,10-16,19,22H,3-4,8-9H2,1H3,(H,26,28). The van der Waals surface area contributed by atoms with Crippen molar-refractivity contribution in [2.24, 2.45) is 0 Å². The monoisotopic (exact) mass is 403 g/mol. The summed E-state index contributed by atoms with van der Waals surface area (Å²) in [6, 6.07) is 13.7. The minimum atomic E-state index is -0.840. The number of furan rings is 1. The quantitative estimate of drug-likeness (QED) is 0.661. The number of para-hydroxylation sites is 1. The van der Waals surface area contributed by atoms with Crippen molar-refractivity contribution in [2.45, 2.75) is 44.7 Å². The maximum atomic E-state index is 13.6. The maximum absolute atomic E-state index is 13.6. The Balaban J connectivity index is 1.80. The van der Waals surface area contributed by atoms with Gasteiger partial charge in [-0.05, 0) is 61.2 Å². The molecular weight excluding hydrogens is 378 g/mol. The molecule has 154 valence electrons. The number of hydrogen-bond donors (Lipinski definition) is 1. The number of amides is 2. The van der Waals surface area contributed by atoms with Gasteiger partial charge in [-0.3, -0.25) is 19.5 Å².